The molecule has 0 unspecified atom stereocenters. The Balaban J connectivity index is 2.91. The second-order valence-electron chi connectivity index (χ2n) is 5.56. The molecular weight excluding hydrogens is 252 g/mol. The van der Waals surface area contributed by atoms with Crippen LogP contribution in [0.25, 0.3) is 0 Å². The number of esters is 1. The molecule has 0 fully saturated rings. The van der Waals surface area contributed by atoms with Crippen LogP contribution in [-0.4, -0.2) is 44.2 Å². The van der Waals surface area contributed by atoms with E-state index in [1.807, 2.05) is 45.2 Å². The maximum Gasteiger partial charge on any atom is 0.338 e. The monoisotopic (exact) mass is 278 g/mol. The van der Waals surface area contributed by atoms with Crippen molar-refractivity contribution >= 4 is 5.97 Å². The van der Waals surface area contributed by atoms with Crippen molar-refractivity contribution in [3.63, 3.8) is 0 Å². The molecule has 112 valence electrons. The van der Waals surface area contributed by atoms with E-state index >= 15 is 0 Å². The minimum Gasteiger partial charge on any atom is -0.459 e. The van der Waals surface area contributed by atoms with Crippen LogP contribution in [0.3, 0.4) is 0 Å². The Morgan fingerprint density at radius 2 is 1.70 bits per heavy atom. The van der Waals surface area contributed by atoms with Crippen molar-refractivity contribution in [2.75, 3.05) is 21.1 Å². The first-order chi connectivity index (χ1) is 9.36. The minimum absolute atomic E-state index is 0.0963. The molecule has 0 heterocycles. The topological polar surface area (TPSA) is 41.6 Å². The standard InChI is InChI=1S/C16H26N2O2/c1-11(2)20-16(19)14-9-7-13(8-10-14)15(18(5)6)12(3)17-4/h7-12,15,17H,1-6H3/t12-,15+/m0/s1. The number of rotatable bonds is 6. The van der Waals surface area contributed by atoms with Crippen molar-refractivity contribution < 1.29 is 9.53 Å². The Hall–Kier alpha value is -1.39. The summed E-state index contributed by atoms with van der Waals surface area (Å²) in [5, 5.41) is 3.28. The van der Waals surface area contributed by atoms with E-state index in [4.69, 9.17) is 4.74 Å². The number of nitrogens with zero attached hydrogens (tertiary/aromatic N) is 1. The van der Waals surface area contributed by atoms with Crippen LogP contribution in [0.4, 0.5) is 0 Å². The van der Waals surface area contributed by atoms with E-state index in [2.05, 4.69) is 31.2 Å². The first kappa shape index (κ1) is 16.7. The molecule has 0 bridgehead atoms. The van der Waals surface area contributed by atoms with Crippen molar-refractivity contribution in [1.29, 1.82) is 0 Å². The molecule has 1 aromatic carbocycles. The molecule has 0 aliphatic heterocycles. The Bertz CT molecular complexity index is 427. The SMILES string of the molecule is CN[C@@H](C)[C@H](c1ccc(C(=O)OC(C)C)cc1)N(C)C. The normalized spacial score (nSPS) is 14.4. The maximum atomic E-state index is 11.8. The molecule has 4 nitrogen and oxygen atoms in total. The Morgan fingerprint density at radius 3 is 2.10 bits per heavy atom. The molecule has 4 heteroatoms. The number of ether oxygens (including phenoxy) is 1. The summed E-state index contributed by atoms with van der Waals surface area (Å²) in [6.45, 7) is 5.84. The van der Waals surface area contributed by atoms with Crippen molar-refractivity contribution in [1.82, 2.24) is 10.2 Å². The van der Waals surface area contributed by atoms with Crippen LogP contribution >= 0.6 is 0 Å². The van der Waals surface area contributed by atoms with Gasteiger partial charge in [-0.2, -0.15) is 0 Å². The van der Waals surface area contributed by atoms with Crippen LogP contribution in [0.1, 0.15) is 42.7 Å². The lowest BCUT2D eigenvalue weighted by molar-refractivity contribution is 0.0378. The van der Waals surface area contributed by atoms with Gasteiger partial charge in [-0.15, -0.1) is 0 Å². The van der Waals surface area contributed by atoms with Crippen LogP contribution in [-0.2, 0) is 4.74 Å². The summed E-state index contributed by atoms with van der Waals surface area (Å²) < 4.78 is 5.19. The second kappa shape index (κ2) is 7.41. The Morgan fingerprint density at radius 1 is 1.15 bits per heavy atom. The zero-order valence-corrected chi connectivity index (χ0v) is 13.3. The average molecular weight is 278 g/mol. The zero-order chi connectivity index (χ0) is 15.3. The summed E-state index contributed by atoms with van der Waals surface area (Å²) in [5.41, 5.74) is 1.77. The zero-order valence-electron chi connectivity index (χ0n) is 13.3. The van der Waals surface area contributed by atoms with Gasteiger partial charge in [0.25, 0.3) is 0 Å². The summed E-state index contributed by atoms with van der Waals surface area (Å²) in [6, 6.07) is 8.23. The Labute approximate surface area is 122 Å². The molecule has 1 N–H and O–H groups in total. The highest BCUT2D eigenvalue weighted by atomic mass is 16.5. The van der Waals surface area contributed by atoms with Gasteiger partial charge in [-0.1, -0.05) is 12.1 Å². The molecule has 0 spiro atoms. The molecule has 0 aliphatic carbocycles. The van der Waals surface area contributed by atoms with Gasteiger partial charge in [-0.05, 0) is 59.6 Å². The molecule has 0 saturated heterocycles. The smallest absolute Gasteiger partial charge is 0.338 e. The van der Waals surface area contributed by atoms with Crippen LogP contribution in [0.5, 0.6) is 0 Å². The minimum atomic E-state index is -0.269. The van der Waals surface area contributed by atoms with Gasteiger partial charge < -0.3 is 15.0 Å². The fourth-order valence-electron chi connectivity index (χ4n) is 2.29. The highest BCUT2D eigenvalue weighted by Crippen LogP contribution is 2.22. The molecule has 0 radical (unpaired) electrons. The van der Waals surface area contributed by atoms with Gasteiger partial charge in [0.15, 0.2) is 0 Å². The van der Waals surface area contributed by atoms with Gasteiger partial charge in [-0.3, -0.25) is 0 Å². The lowest BCUT2D eigenvalue weighted by Crippen LogP contribution is -2.37. The summed E-state index contributed by atoms with van der Waals surface area (Å²) >= 11 is 0. The molecule has 20 heavy (non-hydrogen) atoms. The van der Waals surface area contributed by atoms with Crippen LogP contribution in [0, 0.1) is 0 Å². The lowest BCUT2D eigenvalue weighted by atomic mass is 9.98. The molecule has 1 aromatic rings. The number of benzene rings is 1. The van der Waals surface area contributed by atoms with E-state index in [-0.39, 0.29) is 18.1 Å². The third-order valence-electron chi connectivity index (χ3n) is 3.32. The number of hydrogen-bond acceptors (Lipinski definition) is 4. The van der Waals surface area contributed by atoms with Gasteiger partial charge in [0.05, 0.1) is 11.7 Å². The summed E-state index contributed by atoms with van der Waals surface area (Å²) in [5.74, 6) is -0.269. The highest BCUT2D eigenvalue weighted by Gasteiger charge is 2.20. The second-order valence-corrected chi connectivity index (χ2v) is 5.56. The van der Waals surface area contributed by atoms with Gasteiger partial charge in [-0.25, -0.2) is 4.79 Å². The molecule has 1 rings (SSSR count). The van der Waals surface area contributed by atoms with E-state index < -0.39 is 0 Å². The van der Waals surface area contributed by atoms with Crippen molar-refractivity contribution in [3.8, 4) is 0 Å². The summed E-state index contributed by atoms with van der Waals surface area (Å²) in [4.78, 5) is 14.0. The quantitative estimate of drug-likeness (QED) is 0.812. The average Bonchev–Trinajstić information content (AvgIpc) is 2.38. The predicted molar refractivity (Wildman–Crippen MR) is 81.9 cm³/mol. The van der Waals surface area contributed by atoms with E-state index in [1.54, 1.807) is 0 Å². The van der Waals surface area contributed by atoms with Gasteiger partial charge in [0.1, 0.15) is 0 Å². The third kappa shape index (κ3) is 4.32. The summed E-state index contributed by atoms with van der Waals surface area (Å²) in [7, 11) is 6.06. The van der Waals surface area contributed by atoms with Crippen LogP contribution in [0.15, 0.2) is 24.3 Å². The maximum absolute atomic E-state index is 11.8. The van der Waals surface area contributed by atoms with E-state index in [0.29, 0.717) is 11.6 Å². The third-order valence-corrected chi connectivity index (χ3v) is 3.32. The molecular formula is C16H26N2O2. The molecule has 0 amide bonds. The lowest BCUT2D eigenvalue weighted by Gasteiger charge is -2.30. The number of hydrogen-bond donors (Lipinski definition) is 1. The molecule has 0 aromatic heterocycles. The van der Waals surface area contributed by atoms with Crippen molar-refractivity contribution in [3.05, 3.63) is 35.4 Å². The van der Waals surface area contributed by atoms with Gasteiger partial charge in [0, 0.05) is 12.1 Å². The highest BCUT2D eigenvalue weighted by molar-refractivity contribution is 5.89. The molecule has 2 atom stereocenters. The first-order valence-electron chi connectivity index (χ1n) is 7.01. The van der Waals surface area contributed by atoms with E-state index in [9.17, 15) is 4.79 Å². The number of carbonyl (C=O) groups excluding carboxylic acids is 1. The summed E-state index contributed by atoms with van der Waals surface area (Å²) in [6.07, 6.45) is -0.0963. The fourth-order valence-corrected chi connectivity index (χ4v) is 2.29. The Kier molecular flexibility index (Phi) is 6.17. The number of carbonyl (C=O) groups is 1. The van der Waals surface area contributed by atoms with Crippen LogP contribution < -0.4 is 5.32 Å². The van der Waals surface area contributed by atoms with Gasteiger partial charge >= 0.3 is 5.97 Å². The van der Waals surface area contributed by atoms with Gasteiger partial charge in [0.2, 0.25) is 0 Å². The van der Waals surface area contributed by atoms with Crippen molar-refractivity contribution in [2.45, 2.75) is 39.0 Å². The van der Waals surface area contributed by atoms with Crippen LogP contribution in [0.2, 0.25) is 0 Å². The predicted octanol–water partition coefficient (Wildman–Crippen LogP) is 2.46. The fraction of sp³-hybridized carbons (Fsp3) is 0.562. The van der Waals surface area contributed by atoms with Crippen molar-refractivity contribution in [2.24, 2.45) is 0 Å². The molecule has 0 saturated carbocycles. The van der Waals surface area contributed by atoms with E-state index in [0.717, 1.165) is 0 Å². The first-order valence-corrected chi connectivity index (χ1v) is 7.01. The number of nitrogens with one attached hydrogen (secondary N) is 1. The number of likely N-dealkylation sites (N-methyl/N-ethyl adjacent to an activating group) is 2. The molecule has 0 aliphatic rings. The van der Waals surface area contributed by atoms with E-state index in [1.165, 1.54) is 5.56 Å². The largest absolute Gasteiger partial charge is 0.459 e.